The van der Waals surface area contributed by atoms with Gasteiger partial charge in [-0.15, -0.1) is 11.3 Å². The molecule has 2 aliphatic rings. The Morgan fingerprint density at radius 1 is 1.09 bits per heavy atom. The van der Waals surface area contributed by atoms with Crippen LogP contribution in [0.4, 0.5) is 36.1 Å². The van der Waals surface area contributed by atoms with Gasteiger partial charge in [0.15, 0.2) is 17.5 Å². The second-order valence-corrected chi connectivity index (χ2v) is 8.87. The molecule has 0 radical (unpaired) electrons. The zero-order valence-electron chi connectivity index (χ0n) is 17.1. The zero-order valence-corrected chi connectivity index (χ0v) is 18.0. The van der Waals surface area contributed by atoms with Gasteiger partial charge in [-0.2, -0.15) is 0 Å². The van der Waals surface area contributed by atoms with Crippen molar-refractivity contribution in [3.63, 3.8) is 0 Å². The number of anilines is 1. The van der Waals surface area contributed by atoms with Crippen LogP contribution in [0.2, 0.25) is 0 Å². The average molecular weight is 507 g/mol. The number of fused-ring (bicyclic) bond motifs is 2. The summed E-state index contributed by atoms with van der Waals surface area (Å²) < 4.78 is 85.9. The molecule has 0 saturated heterocycles. The van der Waals surface area contributed by atoms with Gasteiger partial charge in [0.1, 0.15) is 11.3 Å². The Morgan fingerprint density at radius 2 is 1.74 bits per heavy atom. The van der Waals surface area contributed by atoms with Crippen molar-refractivity contribution in [3.05, 3.63) is 61.3 Å². The van der Waals surface area contributed by atoms with Crippen LogP contribution in [0, 0.1) is 17.5 Å². The van der Waals surface area contributed by atoms with Crippen LogP contribution < -0.4 is 10.3 Å². The third-order valence-electron chi connectivity index (χ3n) is 5.57. The molecule has 3 aromatic rings. The molecule has 1 N–H and O–H groups in total. The fourth-order valence-corrected chi connectivity index (χ4v) is 4.88. The smallest absolute Gasteiger partial charge is 0.477 e. The second-order valence-electron chi connectivity index (χ2n) is 7.87. The van der Waals surface area contributed by atoms with Gasteiger partial charge in [0.2, 0.25) is 5.43 Å². The van der Waals surface area contributed by atoms with Crippen LogP contribution in [-0.2, 0) is 13.0 Å². The first-order chi connectivity index (χ1) is 15.9. The van der Waals surface area contributed by atoms with Crippen LogP contribution in [0.15, 0.2) is 22.4 Å². The first-order valence-electron chi connectivity index (χ1n) is 10.0. The van der Waals surface area contributed by atoms with E-state index in [1.165, 1.54) is 9.47 Å². The molecule has 0 atom stereocenters. The fraction of sp³-hybridized carbons (Fsp3) is 0.300. The minimum atomic E-state index is -6.00. The molecule has 1 aromatic carbocycles. The summed E-state index contributed by atoms with van der Waals surface area (Å²) in [5, 5.41) is 10.3. The molecule has 14 heteroatoms. The van der Waals surface area contributed by atoms with Gasteiger partial charge in [-0.1, -0.05) is 0 Å². The van der Waals surface area contributed by atoms with Gasteiger partial charge in [0.25, 0.3) is 0 Å². The quantitative estimate of drug-likeness (QED) is 0.294. The maximum atomic E-state index is 15.6. The van der Waals surface area contributed by atoms with E-state index < -0.39 is 52.7 Å². The summed E-state index contributed by atoms with van der Waals surface area (Å²) in [6.45, 7) is 0.547. The normalized spacial score (nSPS) is 15.7. The topological polar surface area (TPSA) is 62.5 Å². The second kappa shape index (κ2) is 8.64. The molecule has 182 valence electrons. The molecule has 5 rings (SSSR count). The molecule has 34 heavy (non-hydrogen) atoms. The number of thiophene rings is 1. The third-order valence-corrected chi connectivity index (χ3v) is 6.59. The van der Waals surface area contributed by atoms with E-state index in [0.29, 0.717) is 25.8 Å². The molecular weight excluding hydrogens is 492 g/mol. The lowest BCUT2D eigenvalue weighted by Gasteiger charge is -2.30. The van der Waals surface area contributed by atoms with E-state index in [4.69, 9.17) is 0 Å². The lowest BCUT2D eigenvalue weighted by Crippen LogP contribution is -2.32. The number of aromatic carboxylic acids is 1. The number of carboxylic acid groups (broad SMARTS) is 1. The monoisotopic (exact) mass is 507 g/mol. The highest BCUT2D eigenvalue weighted by molar-refractivity contribution is 7.10. The summed E-state index contributed by atoms with van der Waals surface area (Å²) in [5.74, 6) is -5.55. The lowest BCUT2D eigenvalue weighted by molar-refractivity contribution is 0.0694. The summed E-state index contributed by atoms with van der Waals surface area (Å²) >= 11 is 1.57. The van der Waals surface area contributed by atoms with Crippen LogP contribution in [0.5, 0.6) is 0 Å². The number of rotatable bonds is 3. The van der Waals surface area contributed by atoms with Crippen molar-refractivity contribution in [3.8, 4) is 0 Å². The molecule has 0 spiro atoms. The Morgan fingerprint density at radius 3 is 2.32 bits per heavy atom. The number of pyridine rings is 1. The van der Waals surface area contributed by atoms with Crippen molar-refractivity contribution in [2.75, 3.05) is 11.4 Å². The average Bonchev–Trinajstić information content (AvgIpc) is 3.47. The number of hydrogen-bond acceptors (Lipinski definition) is 4. The third kappa shape index (κ3) is 4.50. The SMILES string of the molecule is F[B-](F)(F)F.O=C(O)c1cn(C2CC2)c2c(F)c(N3CCc4sccc4C3)c(F)c(F)c2c1=O. The van der Waals surface area contributed by atoms with Gasteiger partial charge >= 0.3 is 13.2 Å². The van der Waals surface area contributed by atoms with Crippen molar-refractivity contribution in [1.82, 2.24) is 4.57 Å². The Bertz CT molecular complexity index is 1340. The summed E-state index contributed by atoms with van der Waals surface area (Å²) in [6, 6.07) is 1.63. The Kier molecular flexibility index (Phi) is 6.13. The molecule has 1 fully saturated rings. The lowest BCUT2D eigenvalue weighted by atomic mass is 10.0. The summed E-state index contributed by atoms with van der Waals surface area (Å²) in [6.07, 6.45) is 2.92. The maximum absolute atomic E-state index is 15.6. The number of carbonyl (C=O) groups is 1. The number of nitrogens with zero attached hydrogens (tertiary/aromatic N) is 2. The first kappa shape index (κ1) is 24.1. The molecule has 5 nitrogen and oxygen atoms in total. The molecule has 1 saturated carbocycles. The summed E-state index contributed by atoms with van der Waals surface area (Å²) in [7, 11) is -6.00. The van der Waals surface area contributed by atoms with Crippen LogP contribution in [-0.4, -0.2) is 29.4 Å². The van der Waals surface area contributed by atoms with Crippen LogP contribution in [0.1, 0.15) is 39.7 Å². The van der Waals surface area contributed by atoms with Gasteiger partial charge in [-0.25, -0.2) is 18.0 Å². The minimum absolute atomic E-state index is 0.235. The molecule has 0 amide bonds. The summed E-state index contributed by atoms with van der Waals surface area (Å²) in [5.41, 5.74) is -1.86. The highest BCUT2D eigenvalue weighted by Gasteiger charge is 2.34. The number of carboxylic acids is 1. The predicted octanol–water partition coefficient (Wildman–Crippen LogP) is 5.38. The molecule has 3 heterocycles. The standard InChI is InChI=1S/C20H15F3N2O3S.BF4/c21-14-13-17(25(10-1-2-10)8-11(19(13)26)20(27)28)16(23)18(15(14)22)24-5-3-12-9(7-24)4-6-29-12;2-1(3,4)5/h4,6,8,10H,1-3,5,7H2,(H,27,28);/q;-1. The van der Waals surface area contributed by atoms with E-state index in [9.17, 15) is 36.3 Å². The molecule has 0 unspecified atom stereocenters. The molecule has 1 aliphatic heterocycles. The molecule has 0 bridgehead atoms. The highest BCUT2D eigenvalue weighted by atomic mass is 32.1. The number of hydrogen-bond donors (Lipinski definition) is 1. The van der Waals surface area contributed by atoms with E-state index in [-0.39, 0.29) is 18.1 Å². The van der Waals surface area contributed by atoms with Gasteiger partial charge < -0.3 is 31.8 Å². The molecule has 1 aliphatic carbocycles. The highest BCUT2D eigenvalue weighted by Crippen LogP contribution is 2.41. The first-order valence-corrected chi connectivity index (χ1v) is 10.9. The van der Waals surface area contributed by atoms with E-state index >= 15 is 8.78 Å². The molecular formula is C20H15BF7N2O3S-. The van der Waals surface area contributed by atoms with Crippen molar-refractivity contribution in [2.45, 2.75) is 31.8 Å². The Hall–Kier alpha value is -3.03. The minimum Gasteiger partial charge on any atom is -0.477 e. The zero-order chi connectivity index (χ0) is 24.9. The number of halogens is 7. The summed E-state index contributed by atoms with van der Waals surface area (Å²) in [4.78, 5) is 26.5. The number of aromatic nitrogens is 1. The van der Waals surface area contributed by atoms with Gasteiger partial charge in [-0.3, -0.25) is 4.79 Å². The van der Waals surface area contributed by atoms with E-state index in [0.717, 1.165) is 16.6 Å². The largest absolute Gasteiger partial charge is 0.673 e. The van der Waals surface area contributed by atoms with Crippen molar-refractivity contribution in [1.29, 1.82) is 0 Å². The Balaban J connectivity index is 0.000000499. The predicted molar refractivity (Wildman–Crippen MR) is 113 cm³/mol. The molecule has 2 aromatic heterocycles. The van der Waals surface area contributed by atoms with Crippen molar-refractivity contribution >= 4 is 41.2 Å². The van der Waals surface area contributed by atoms with Crippen LogP contribution >= 0.6 is 11.3 Å². The fourth-order valence-electron chi connectivity index (χ4n) is 3.99. The van der Waals surface area contributed by atoms with Crippen molar-refractivity contribution in [2.24, 2.45) is 0 Å². The van der Waals surface area contributed by atoms with Crippen LogP contribution in [0.3, 0.4) is 0 Å². The van der Waals surface area contributed by atoms with E-state index in [1.54, 1.807) is 11.3 Å². The van der Waals surface area contributed by atoms with E-state index in [1.807, 2.05) is 11.4 Å². The van der Waals surface area contributed by atoms with Gasteiger partial charge in [-0.05, 0) is 36.3 Å². The van der Waals surface area contributed by atoms with Gasteiger partial charge in [0, 0.05) is 30.2 Å². The maximum Gasteiger partial charge on any atom is 0.673 e. The van der Waals surface area contributed by atoms with Crippen molar-refractivity contribution < 1.29 is 40.3 Å². The van der Waals surface area contributed by atoms with E-state index in [2.05, 4.69) is 0 Å². The number of benzene rings is 1. The van der Waals surface area contributed by atoms with Gasteiger partial charge in [0.05, 0.1) is 10.9 Å². The van der Waals surface area contributed by atoms with Crippen LogP contribution in [0.25, 0.3) is 10.9 Å². The Labute approximate surface area is 191 Å².